The van der Waals surface area contributed by atoms with E-state index in [2.05, 4.69) is 66.9 Å². The first kappa shape index (κ1) is 47.9. The van der Waals surface area contributed by atoms with Crippen LogP contribution in [-0.2, 0) is 29.4 Å². The van der Waals surface area contributed by atoms with E-state index in [1.165, 1.54) is 24.2 Å². The Labute approximate surface area is 424 Å². The second-order valence-corrected chi connectivity index (χ2v) is 22.7. The molecule has 12 rings (SSSR count). The minimum Gasteiger partial charge on any atom is -0.366 e. The van der Waals surface area contributed by atoms with Gasteiger partial charge in [-0.25, -0.2) is 23.7 Å². The fourth-order valence-electron chi connectivity index (χ4n) is 13.2. The predicted molar refractivity (Wildman–Crippen MR) is 271 cm³/mol. The van der Waals surface area contributed by atoms with Crippen LogP contribution in [0.4, 0.5) is 26.1 Å². The van der Waals surface area contributed by atoms with Gasteiger partial charge in [0.15, 0.2) is 5.82 Å². The molecule has 16 nitrogen and oxygen atoms in total. The maximum Gasteiger partial charge on any atom is 0.276 e. The van der Waals surface area contributed by atoms with Gasteiger partial charge < -0.3 is 34.4 Å². The van der Waals surface area contributed by atoms with Gasteiger partial charge in [0.25, 0.3) is 5.92 Å². The highest BCUT2D eigenvalue weighted by Gasteiger charge is 2.58. The van der Waals surface area contributed by atoms with Gasteiger partial charge in [-0.3, -0.25) is 29.3 Å². The van der Waals surface area contributed by atoms with Gasteiger partial charge >= 0.3 is 0 Å². The van der Waals surface area contributed by atoms with Gasteiger partial charge in [-0.2, -0.15) is 0 Å². The van der Waals surface area contributed by atoms with Crippen molar-refractivity contribution >= 4 is 57.9 Å². The molecular weight excluding hydrogens is 933 g/mol. The second kappa shape index (κ2) is 18.7. The van der Waals surface area contributed by atoms with E-state index in [1.807, 2.05) is 24.5 Å². The van der Waals surface area contributed by atoms with Crippen LogP contribution < -0.4 is 20.4 Å². The lowest BCUT2D eigenvalue weighted by Crippen LogP contribution is -2.60. The minimum atomic E-state index is -3.41. The van der Waals surface area contributed by atoms with E-state index in [1.54, 1.807) is 11.1 Å². The lowest BCUT2D eigenvalue weighted by atomic mass is 9.73. The van der Waals surface area contributed by atoms with E-state index >= 15 is 13.6 Å². The van der Waals surface area contributed by atoms with Crippen LogP contribution in [0, 0.1) is 11.8 Å². The van der Waals surface area contributed by atoms with Crippen molar-refractivity contribution in [3.63, 3.8) is 0 Å². The number of amides is 5. The van der Waals surface area contributed by atoms with Crippen LogP contribution in [0.1, 0.15) is 127 Å². The molecule has 1 unspecified atom stereocenters. The number of anilines is 3. The van der Waals surface area contributed by atoms with Crippen LogP contribution in [0.3, 0.4) is 0 Å². The van der Waals surface area contributed by atoms with Crippen LogP contribution in [0.15, 0.2) is 48.9 Å². The number of imidazole rings is 1. The molecule has 0 radical (unpaired) electrons. The molecule has 2 N–H and O–H groups in total. The molecule has 8 aliphatic rings. The number of nitrogens with zero attached hydrogens (tertiary/aromatic N) is 9. The molecule has 1 spiro atoms. The number of aromatic nitrogens is 4. The molecule has 3 aromatic heterocycles. The van der Waals surface area contributed by atoms with Gasteiger partial charge in [-0.1, -0.05) is 24.6 Å². The molecule has 6 aliphatic heterocycles. The quantitative estimate of drug-likeness (QED) is 0.161. The Morgan fingerprint density at radius 1 is 0.808 bits per heavy atom. The van der Waals surface area contributed by atoms with E-state index in [-0.39, 0.29) is 68.2 Å². The Bertz CT molecular complexity index is 2820. The van der Waals surface area contributed by atoms with Crippen molar-refractivity contribution < 1.29 is 32.8 Å². The average molecular weight is 1000 g/mol. The molecule has 2 saturated carbocycles. The highest BCUT2D eigenvalue weighted by atomic mass is 19.3. The van der Waals surface area contributed by atoms with Crippen LogP contribution in [0.2, 0.25) is 0 Å². The summed E-state index contributed by atoms with van der Waals surface area (Å²) in [5.41, 5.74) is 5.22. The topological polar surface area (TPSA) is 169 Å². The molecule has 2 atom stereocenters. The van der Waals surface area contributed by atoms with Crippen LogP contribution in [0.25, 0.3) is 22.3 Å². The molecule has 386 valence electrons. The molecule has 1 aromatic carbocycles. The summed E-state index contributed by atoms with van der Waals surface area (Å²) in [6.07, 6.45) is 13.4. The number of halogens is 2. The Balaban J connectivity index is 0.714. The molecule has 18 heteroatoms. The van der Waals surface area contributed by atoms with Crippen molar-refractivity contribution in [3.05, 3.63) is 60.0 Å². The standard InChI is InChI=1S/C55H67F2N11O5/c1-33(2)67-32-59-44-29-43(61-49(48(44)67)60-37-8-9-37)35-6-11-41-45(26-35)68(39-27-38(28-39)63-19-4-3-5-20-63)53(73)54(41)17-24-65(25-18-54)52(72)42-16-23-66(31-55(42,56)57)51(71)34-14-21-64(22-15-34)46-12-7-36(30-58-46)40-10-13-47(69)62-50(40)70/h6-7,11-12,26,29-30,32-34,37-40,42H,3-5,8-10,13-25,27-28,31H2,1-2H3,(H,60,61)(H,62,69,70)/t38?,39?,40-,42?/m1/s1. The number of fused-ring (bicyclic) bond motifs is 3. The normalized spacial score (nSPS) is 26.6. The van der Waals surface area contributed by atoms with Gasteiger partial charge in [-0.05, 0) is 133 Å². The average Bonchev–Trinajstić information content (AvgIpc) is 4.04. The molecule has 7 fully saturated rings. The molecule has 2 aliphatic carbocycles. The van der Waals surface area contributed by atoms with E-state index in [0.29, 0.717) is 63.1 Å². The fraction of sp³-hybridized carbons (Fsp3) is 0.600. The minimum absolute atomic E-state index is 0.0405. The fourth-order valence-corrected chi connectivity index (χ4v) is 13.2. The van der Waals surface area contributed by atoms with E-state index < -0.39 is 41.5 Å². The third-order valence-electron chi connectivity index (χ3n) is 17.8. The van der Waals surface area contributed by atoms with E-state index in [0.717, 1.165) is 83.7 Å². The smallest absolute Gasteiger partial charge is 0.276 e. The zero-order chi connectivity index (χ0) is 50.3. The van der Waals surface area contributed by atoms with Gasteiger partial charge in [0.2, 0.25) is 29.5 Å². The summed E-state index contributed by atoms with van der Waals surface area (Å²) in [5, 5.41) is 6.05. The third-order valence-corrected chi connectivity index (χ3v) is 17.8. The van der Waals surface area contributed by atoms with Gasteiger partial charge in [0.1, 0.15) is 17.3 Å². The van der Waals surface area contributed by atoms with Crippen molar-refractivity contribution in [2.75, 3.05) is 67.5 Å². The summed E-state index contributed by atoms with van der Waals surface area (Å²) in [6, 6.07) is 13.1. The van der Waals surface area contributed by atoms with Crippen molar-refractivity contribution in [3.8, 4) is 11.3 Å². The first-order chi connectivity index (χ1) is 35.2. The third kappa shape index (κ3) is 8.72. The number of hydrogen-bond acceptors (Lipinski definition) is 11. The van der Waals surface area contributed by atoms with Gasteiger partial charge in [0.05, 0.1) is 35.4 Å². The van der Waals surface area contributed by atoms with E-state index in [4.69, 9.17) is 9.97 Å². The maximum atomic E-state index is 16.3. The largest absolute Gasteiger partial charge is 0.366 e. The molecule has 73 heavy (non-hydrogen) atoms. The molecule has 9 heterocycles. The first-order valence-corrected chi connectivity index (χ1v) is 27.1. The van der Waals surface area contributed by atoms with Crippen molar-refractivity contribution in [2.45, 2.75) is 145 Å². The molecule has 4 aromatic rings. The number of nitrogens with one attached hydrogen (secondary N) is 2. The summed E-state index contributed by atoms with van der Waals surface area (Å²) in [5.74, 6) is -5.74. The van der Waals surface area contributed by atoms with Crippen LogP contribution in [0.5, 0.6) is 0 Å². The van der Waals surface area contributed by atoms with Crippen LogP contribution >= 0.6 is 0 Å². The number of carbonyl (C=O) groups excluding carboxylic acids is 5. The number of imide groups is 1. The van der Waals surface area contributed by atoms with Gasteiger partial charge in [0, 0.05) is 86.7 Å². The zero-order valence-corrected chi connectivity index (χ0v) is 42.0. The van der Waals surface area contributed by atoms with E-state index in [9.17, 15) is 19.2 Å². The Hall–Kier alpha value is -6.04. The van der Waals surface area contributed by atoms with Crippen molar-refractivity contribution in [2.24, 2.45) is 11.8 Å². The second-order valence-electron chi connectivity index (χ2n) is 22.7. The molecule has 0 bridgehead atoms. The van der Waals surface area contributed by atoms with Gasteiger partial charge in [-0.15, -0.1) is 0 Å². The SMILES string of the molecule is CC(C)n1cnc2cc(-c3ccc4c(c3)N(C3CC(N5CCCCC5)C3)C(=O)C43CCN(C(=O)C4CCN(C(=O)C5CCN(c6ccc([C@H]7CCC(=O)NC7=O)cn6)CC5)CC4(F)F)CC3)nc(NC3CC3)c21. The summed E-state index contributed by atoms with van der Waals surface area (Å²) in [7, 11) is 0. The number of hydrogen-bond donors (Lipinski definition) is 2. The predicted octanol–water partition coefficient (Wildman–Crippen LogP) is 6.79. The van der Waals surface area contributed by atoms with Crippen molar-refractivity contribution in [1.29, 1.82) is 0 Å². The zero-order valence-electron chi connectivity index (χ0n) is 42.0. The Morgan fingerprint density at radius 2 is 1.58 bits per heavy atom. The summed E-state index contributed by atoms with van der Waals surface area (Å²) < 4.78 is 34.7. The molecular formula is C55H67F2N11O5. The number of alkyl halides is 2. The highest BCUT2D eigenvalue weighted by molar-refractivity contribution is 6.09. The number of pyridine rings is 2. The lowest BCUT2D eigenvalue weighted by molar-refractivity contribution is -0.170. The van der Waals surface area contributed by atoms with Crippen molar-refractivity contribution in [1.82, 2.24) is 39.5 Å². The number of rotatable bonds is 10. The highest BCUT2D eigenvalue weighted by Crippen LogP contribution is 2.53. The summed E-state index contributed by atoms with van der Waals surface area (Å²) in [6.45, 7) is 7.17. The molecule has 5 saturated heterocycles. The summed E-state index contributed by atoms with van der Waals surface area (Å²) in [4.78, 5) is 91.3. The Kier molecular flexibility index (Phi) is 12.3. The first-order valence-electron chi connectivity index (χ1n) is 27.1. The maximum absolute atomic E-state index is 16.3. The number of carbonyl (C=O) groups is 5. The molecule has 5 amide bonds. The summed E-state index contributed by atoms with van der Waals surface area (Å²) >= 11 is 0. The number of likely N-dealkylation sites (tertiary alicyclic amines) is 3. The number of piperidine rings is 5. The lowest BCUT2D eigenvalue weighted by Gasteiger charge is -2.48. The number of benzene rings is 1. The Morgan fingerprint density at radius 3 is 2.26 bits per heavy atom. The monoisotopic (exact) mass is 1000 g/mol. The van der Waals surface area contributed by atoms with Crippen LogP contribution in [-0.4, -0.2) is 140 Å².